The van der Waals surface area contributed by atoms with Crippen molar-refractivity contribution < 1.29 is 18.0 Å². The van der Waals surface area contributed by atoms with Crippen LogP contribution in [0.15, 0.2) is 36.4 Å². The molecule has 1 heterocycles. The van der Waals surface area contributed by atoms with Gasteiger partial charge in [-0.1, -0.05) is 12.1 Å². The molecule has 0 aliphatic carbocycles. The van der Waals surface area contributed by atoms with Gasteiger partial charge in [0, 0.05) is 31.7 Å². The lowest BCUT2D eigenvalue weighted by Gasteiger charge is -2.39. The third-order valence-electron chi connectivity index (χ3n) is 4.67. The van der Waals surface area contributed by atoms with Crippen molar-refractivity contribution in [3.63, 3.8) is 0 Å². The Bertz CT molecular complexity index is 787. The predicted octanol–water partition coefficient (Wildman–Crippen LogP) is 2.49. The molecule has 1 atom stereocenters. The zero-order valence-electron chi connectivity index (χ0n) is 14.4. The van der Waals surface area contributed by atoms with Gasteiger partial charge in [-0.3, -0.25) is 4.79 Å². The van der Waals surface area contributed by atoms with Crippen LogP contribution in [-0.2, 0) is 0 Å². The first-order valence-electron chi connectivity index (χ1n) is 8.35. The van der Waals surface area contributed by atoms with Crippen LogP contribution in [0.25, 0.3) is 11.1 Å². The molecule has 138 valence electrons. The van der Waals surface area contributed by atoms with Crippen LogP contribution in [-0.4, -0.2) is 55.0 Å². The number of carbonyl (C=O) groups excluding carboxylic acids is 1. The van der Waals surface area contributed by atoms with E-state index in [1.165, 1.54) is 0 Å². The molecule has 0 radical (unpaired) electrons. The maximum atomic E-state index is 13.4. The fourth-order valence-corrected chi connectivity index (χ4v) is 3.17. The quantitative estimate of drug-likeness (QED) is 0.853. The maximum Gasteiger partial charge on any atom is 0.254 e. The number of amides is 1. The van der Waals surface area contributed by atoms with Crippen molar-refractivity contribution in [2.45, 2.75) is 6.04 Å². The SMILES string of the molecule is CN1CCN(C(=O)c2ccc(-c3cc(F)c(F)c(F)c3)cc2)C(CN)C1. The molecule has 26 heavy (non-hydrogen) atoms. The second-order valence-electron chi connectivity index (χ2n) is 6.48. The van der Waals surface area contributed by atoms with Crippen LogP contribution in [0.2, 0.25) is 0 Å². The van der Waals surface area contributed by atoms with E-state index in [1.807, 2.05) is 7.05 Å². The Labute approximate surface area is 150 Å². The number of likely N-dealkylation sites (N-methyl/N-ethyl adjacent to an activating group) is 1. The molecule has 0 saturated carbocycles. The molecule has 7 heteroatoms. The lowest BCUT2D eigenvalue weighted by Crippen LogP contribution is -2.56. The molecule has 0 aromatic heterocycles. The number of piperazine rings is 1. The van der Waals surface area contributed by atoms with E-state index in [0.717, 1.165) is 18.7 Å². The summed E-state index contributed by atoms with van der Waals surface area (Å²) in [5.74, 6) is -4.12. The van der Waals surface area contributed by atoms with E-state index in [-0.39, 0.29) is 17.5 Å². The molecule has 0 spiro atoms. The van der Waals surface area contributed by atoms with E-state index in [2.05, 4.69) is 4.90 Å². The number of hydrogen-bond acceptors (Lipinski definition) is 3. The van der Waals surface area contributed by atoms with Crippen LogP contribution in [0.4, 0.5) is 13.2 Å². The Morgan fingerprint density at radius 1 is 1.08 bits per heavy atom. The smallest absolute Gasteiger partial charge is 0.254 e. The molecule has 2 aromatic rings. The molecule has 2 aromatic carbocycles. The summed E-state index contributed by atoms with van der Waals surface area (Å²) in [5, 5.41) is 0. The highest BCUT2D eigenvalue weighted by molar-refractivity contribution is 5.95. The number of nitrogens with zero attached hydrogens (tertiary/aromatic N) is 2. The highest BCUT2D eigenvalue weighted by Gasteiger charge is 2.28. The van der Waals surface area contributed by atoms with Gasteiger partial charge in [0.05, 0.1) is 6.04 Å². The Morgan fingerprint density at radius 2 is 1.69 bits per heavy atom. The Balaban J connectivity index is 1.82. The second kappa shape index (κ2) is 7.47. The molecule has 1 unspecified atom stereocenters. The molecule has 1 aliphatic heterocycles. The molecule has 3 rings (SSSR count). The summed E-state index contributed by atoms with van der Waals surface area (Å²) in [4.78, 5) is 16.6. The Hall–Kier alpha value is -2.38. The first kappa shape index (κ1) is 18.4. The number of benzene rings is 2. The fourth-order valence-electron chi connectivity index (χ4n) is 3.17. The van der Waals surface area contributed by atoms with Gasteiger partial charge in [0.25, 0.3) is 5.91 Å². The van der Waals surface area contributed by atoms with E-state index in [4.69, 9.17) is 5.73 Å². The minimum Gasteiger partial charge on any atom is -0.332 e. The van der Waals surface area contributed by atoms with Crippen LogP contribution in [0, 0.1) is 17.5 Å². The van der Waals surface area contributed by atoms with Gasteiger partial charge in [-0.05, 0) is 42.4 Å². The number of halogens is 3. The van der Waals surface area contributed by atoms with Gasteiger partial charge in [-0.15, -0.1) is 0 Å². The first-order valence-corrected chi connectivity index (χ1v) is 8.35. The van der Waals surface area contributed by atoms with E-state index >= 15 is 0 Å². The molecule has 2 N–H and O–H groups in total. The summed E-state index contributed by atoms with van der Waals surface area (Å²) < 4.78 is 39.9. The van der Waals surface area contributed by atoms with Gasteiger partial charge < -0.3 is 15.5 Å². The van der Waals surface area contributed by atoms with Gasteiger partial charge in [-0.25, -0.2) is 13.2 Å². The van der Waals surface area contributed by atoms with Gasteiger partial charge in [-0.2, -0.15) is 0 Å². The average Bonchev–Trinajstić information content (AvgIpc) is 2.65. The summed E-state index contributed by atoms with van der Waals surface area (Å²) in [6, 6.07) is 8.19. The standard InChI is InChI=1S/C19H20F3N3O/c1-24-6-7-25(15(10-23)11-24)19(26)13-4-2-12(3-5-13)14-8-16(20)18(22)17(21)9-14/h2-5,8-9,15H,6-7,10-11,23H2,1H3. The van der Waals surface area contributed by atoms with Gasteiger partial charge >= 0.3 is 0 Å². The zero-order chi connectivity index (χ0) is 18.8. The van der Waals surface area contributed by atoms with E-state index < -0.39 is 17.5 Å². The van der Waals surface area contributed by atoms with Gasteiger partial charge in [0.2, 0.25) is 0 Å². The third kappa shape index (κ3) is 3.59. The Kier molecular flexibility index (Phi) is 5.29. The topological polar surface area (TPSA) is 49.6 Å². The lowest BCUT2D eigenvalue weighted by atomic mass is 10.0. The molecule has 0 bridgehead atoms. The summed E-state index contributed by atoms with van der Waals surface area (Å²) in [5.41, 5.74) is 6.96. The molecule has 1 saturated heterocycles. The largest absolute Gasteiger partial charge is 0.332 e. The molecule has 1 aliphatic rings. The summed E-state index contributed by atoms with van der Waals surface area (Å²) in [6.07, 6.45) is 0. The van der Waals surface area contributed by atoms with E-state index in [9.17, 15) is 18.0 Å². The fraction of sp³-hybridized carbons (Fsp3) is 0.316. The van der Waals surface area contributed by atoms with Crippen molar-refractivity contribution in [1.29, 1.82) is 0 Å². The molecular weight excluding hydrogens is 343 g/mol. The third-order valence-corrected chi connectivity index (χ3v) is 4.67. The highest BCUT2D eigenvalue weighted by atomic mass is 19.2. The van der Waals surface area contributed by atoms with E-state index in [1.54, 1.807) is 29.2 Å². The van der Waals surface area contributed by atoms with Crippen LogP contribution >= 0.6 is 0 Å². The van der Waals surface area contributed by atoms with Crippen molar-refractivity contribution >= 4 is 5.91 Å². The number of hydrogen-bond donors (Lipinski definition) is 1. The van der Waals surface area contributed by atoms with Crippen LogP contribution in [0.3, 0.4) is 0 Å². The van der Waals surface area contributed by atoms with Crippen molar-refractivity contribution in [3.8, 4) is 11.1 Å². The second-order valence-corrected chi connectivity index (χ2v) is 6.48. The minimum atomic E-state index is -1.50. The lowest BCUT2D eigenvalue weighted by molar-refractivity contribution is 0.0516. The number of carbonyl (C=O) groups is 1. The highest BCUT2D eigenvalue weighted by Crippen LogP contribution is 2.24. The molecule has 1 fully saturated rings. The Morgan fingerprint density at radius 3 is 2.27 bits per heavy atom. The maximum absolute atomic E-state index is 13.4. The molecule has 4 nitrogen and oxygen atoms in total. The van der Waals surface area contributed by atoms with Crippen molar-refractivity contribution in [3.05, 3.63) is 59.4 Å². The van der Waals surface area contributed by atoms with Crippen LogP contribution < -0.4 is 5.73 Å². The van der Waals surface area contributed by atoms with Crippen molar-refractivity contribution in [2.75, 3.05) is 33.2 Å². The number of rotatable bonds is 3. The normalized spacial score (nSPS) is 18.2. The van der Waals surface area contributed by atoms with Crippen molar-refractivity contribution in [2.24, 2.45) is 5.73 Å². The van der Waals surface area contributed by atoms with Gasteiger partial charge in [0.15, 0.2) is 17.5 Å². The number of nitrogens with two attached hydrogens (primary N) is 1. The summed E-state index contributed by atoms with van der Waals surface area (Å²) in [7, 11) is 1.99. The summed E-state index contributed by atoms with van der Waals surface area (Å²) in [6.45, 7) is 2.46. The summed E-state index contributed by atoms with van der Waals surface area (Å²) >= 11 is 0. The average molecular weight is 363 g/mol. The zero-order valence-corrected chi connectivity index (χ0v) is 14.4. The minimum absolute atomic E-state index is 0.0544. The first-order chi connectivity index (χ1) is 12.4. The van der Waals surface area contributed by atoms with Crippen molar-refractivity contribution in [1.82, 2.24) is 9.80 Å². The van der Waals surface area contributed by atoms with Crippen LogP contribution in [0.5, 0.6) is 0 Å². The van der Waals surface area contributed by atoms with E-state index in [0.29, 0.717) is 30.8 Å². The molecule has 1 amide bonds. The molecular formula is C19H20F3N3O. The monoisotopic (exact) mass is 363 g/mol. The van der Waals surface area contributed by atoms with Gasteiger partial charge in [0.1, 0.15) is 0 Å². The predicted molar refractivity (Wildman–Crippen MR) is 93.1 cm³/mol. The van der Waals surface area contributed by atoms with Crippen LogP contribution in [0.1, 0.15) is 10.4 Å².